The number of hydrogen-bond donors (Lipinski definition) is 1. The van der Waals surface area contributed by atoms with Gasteiger partial charge in [-0.25, -0.2) is 4.79 Å². The highest BCUT2D eigenvalue weighted by atomic mass is 16.6. The van der Waals surface area contributed by atoms with Crippen LogP contribution in [0.1, 0.15) is 18.9 Å². The number of benzene rings is 1. The minimum absolute atomic E-state index is 0.115. The molecule has 2 fully saturated rings. The Kier molecular flexibility index (Phi) is 4.97. The van der Waals surface area contributed by atoms with Crippen LogP contribution in [0.5, 0.6) is 17.2 Å². The van der Waals surface area contributed by atoms with Crippen molar-refractivity contribution >= 4 is 24.0 Å². The molecule has 1 aromatic carbocycles. The second-order valence-corrected chi connectivity index (χ2v) is 7.59. The number of hydrogen-bond acceptors (Lipinski definition) is 7. The van der Waals surface area contributed by atoms with Crippen LogP contribution in [0.2, 0.25) is 0 Å². The van der Waals surface area contributed by atoms with E-state index in [2.05, 4.69) is 5.10 Å². The van der Waals surface area contributed by atoms with E-state index in [9.17, 15) is 14.4 Å². The molecule has 5 atom stereocenters. The van der Waals surface area contributed by atoms with Crippen LogP contribution >= 0.6 is 0 Å². The molecular formula is C21H22N2O7. The summed E-state index contributed by atoms with van der Waals surface area (Å²) in [7, 11) is 2.82. The minimum atomic E-state index is -1.13. The monoisotopic (exact) mass is 414 g/mol. The molecule has 0 aromatic heterocycles. The first-order valence-corrected chi connectivity index (χ1v) is 9.61. The van der Waals surface area contributed by atoms with Gasteiger partial charge in [-0.05, 0) is 37.3 Å². The lowest BCUT2D eigenvalue weighted by Crippen LogP contribution is -2.28. The molecule has 1 saturated heterocycles. The van der Waals surface area contributed by atoms with E-state index in [0.717, 1.165) is 11.4 Å². The van der Waals surface area contributed by atoms with E-state index in [1.54, 1.807) is 12.1 Å². The third kappa shape index (κ3) is 3.10. The van der Waals surface area contributed by atoms with Gasteiger partial charge in [0.05, 0.1) is 32.3 Å². The molecule has 1 aromatic rings. The third-order valence-corrected chi connectivity index (χ3v) is 5.89. The van der Waals surface area contributed by atoms with Crippen LogP contribution < -0.4 is 14.2 Å². The zero-order valence-corrected chi connectivity index (χ0v) is 16.8. The number of methoxy groups -OCH3 is 2. The Balaban J connectivity index is 1.59. The minimum Gasteiger partial charge on any atom is -0.493 e. The van der Waals surface area contributed by atoms with Gasteiger partial charge in [0.1, 0.15) is 0 Å². The van der Waals surface area contributed by atoms with Gasteiger partial charge in [0.2, 0.25) is 5.75 Å². The van der Waals surface area contributed by atoms with E-state index < -0.39 is 12.1 Å². The van der Waals surface area contributed by atoms with Crippen LogP contribution in [0.25, 0.3) is 0 Å². The summed E-state index contributed by atoms with van der Waals surface area (Å²) < 4.78 is 16.1. The number of hydrazone groups is 1. The molecule has 5 unspecified atom stereocenters. The summed E-state index contributed by atoms with van der Waals surface area (Å²) in [5.41, 5.74) is 0.498. The number of imide groups is 1. The number of carboxylic acids is 1. The highest BCUT2D eigenvalue weighted by Crippen LogP contribution is 2.52. The number of nitrogens with zero attached hydrogens (tertiary/aromatic N) is 2. The van der Waals surface area contributed by atoms with Crippen LogP contribution in [0.4, 0.5) is 0 Å². The number of amides is 2. The van der Waals surface area contributed by atoms with Gasteiger partial charge >= 0.3 is 5.97 Å². The molecule has 9 heteroatoms. The highest BCUT2D eigenvalue weighted by Gasteiger charge is 2.59. The molecule has 1 aliphatic heterocycles. The van der Waals surface area contributed by atoms with Gasteiger partial charge in [0.15, 0.2) is 17.6 Å². The van der Waals surface area contributed by atoms with Gasteiger partial charge in [0.25, 0.3) is 11.8 Å². The smallest absolute Gasteiger partial charge is 0.344 e. The fourth-order valence-corrected chi connectivity index (χ4v) is 4.44. The summed E-state index contributed by atoms with van der Waals surface area (Å²) in [6, 6.07) is 3.13. The maximum absolute atomic E-state index is 12.7. The maximum atomic E-state index is 12.7. The highest BCUT2D eigenvalue weighted by molar-refractivity contribution is 6.06. The summed E-state index contributed by atoms with van der Waals surface area (Å²) in [6.07, 6.45) is 5.17. The number of fused-ring (bicyclic) bond motifs is 5. The van der Waals surface area contributed by atoms with Crippen molar-refractivity contribution in [3.05, 3.63) is 29.8 Å². The SMILES string of the molecule is COc1cc(C=NN2C(=O)C3C4C=CC(C4)C3C2=O)cc(OC)c1OC(C)C(=O)O. The molecular weight excluding hydrogens is 392 g/mol. The Bertz CT molecular complexity index is 915. The topological polar surface area (TPSA) is 115 Å². The average molecular weight is 414 g/mol. The fraction of sp³-hybridized carbons (Fsp3) is 0.429. The maximum Gasteiger partial charge on any atom is 0.344 e. The first kappa shape index (κ1) is 19.9. The Hall–Kier alpha value is -3.36. The van der Waals surface area contributed by atoms with E-state index in [4.69, 9.17) is 19.3 Å². The predicted octanol–water partition coefficient (Wildman–Crippen LogP) is 1.70. The number of ether oxygens (including phenoxy) is 3. The lowest BCUT2D eigenvalue weighted by Gasteiger charge is -2.17. The Morgan fingerprint density at radius 1 is 1.13 bits per heavy atom. The first-order valence-electron chi connectivity index (χ1n) is 9.61. The summed E-state index contributed by atoms with van der Waals surface area (Å²) >= 11 is 0. The summed E-state index contributed by atoms with van der Waals surface area (Å²) in [5, 5.41) is 14.2. The molecule has 1 saturated carbocycles. The van der Waals surface area contributed by atoms with Crippen LogP contribution in [-0.2, 0) is 14.4 Å². The zero-order valence-electron chi connectivity index (χ0n) is 16.8. The number of carbonyl (C=O) groups excluding carboxylic acids is 2. The van der Waals surface area contributed by atoms with Gasteiger partial charge < -0.3 is 19.3 Å². The standard InChI is InChI=1S/C21H22N2O7/c1-10(21(26)27)30-18-14(28-2)6-11(7-15(18)29-3)9-22-23-19(24)16-12-4-5-13(8-12)17(16)20(23)25/h4-7,9-10,12-13,16-17H,8H2,1-3H3,(H,26,27). The van der Waals surface area contributed by atoms with Crippen LogP contribution in [0.15, 0.2) is 29.4 Å². The summed E-state index contributed by atoms with van der Waals surface area (Å²) in [6.45, 7) is 1.39. The second-order valence-electron chi connectivity index (χ2n) is 7.59. The van der Waals surface area contributed by atoms with Crippen LogP contribution in [-0.4, -0.2) is 54.4 Å². The molecule has 3 aliphatic rings. The number of carboxylic acid groups (broad SMARTS) is 1. The van der Waals surface area contributed by atoms with Crippen molar-refractivity contribution in [2.45, 2.75) is 19.4 Å². The van der Waals surface area contributed by atoms with Gasteiger partial charge in [0, 0.05) is 5.56 Å². The van der Waals surface area contributed by atoms with Gasteiger partial charge in [-0.2, -0.15) is 10.1 Å². The number of aliphatic carboxylic acids is 1. The van der Waals surface area contributed by atoms with Crippen molar-refractivity contribution in [3.8, 4) is 17.2 Å². The molecule has 1 heterocycles. The lowest BCUT2D eigenvalue weighted by molar-refractivity contribution is -0.144. The van der Waals surface area contributed by atoms with E-state index >= 15 is 0 Å². The van der Waals surface area contributed by atoms with Crippen molar-refractivity contribution < 1.29 is 33.7 Å². The normalized spacial score (nSPS) is 27.6. The van der Waals surface area contributed by atoms with Crippen molar-refractivity contribution in [3.63, 3.8) is 0 Å². The summed E-state index contributed by atoms with van der Waals surface area (Å²) in [5.74, 6) is -1.47. The molecule has 158 valence electrons. The molecule has 2 bridgehead atoms. The van der Waals surface area contributed by atoms with Crippen molar-refractivity contribution in [2.75, 3.05) is 14.2 Å². The Labute approximate surface area is 172 Å². The van der Waals surface area contributed by atoms with Gasteiger partial charge in [-0.1, -0.05) is 12.2 Å². The van der Waals surface area contributed by atoms with Crippen molar-refractivity contribution in [2.24, 2.45) is 28.8 Å². The predicted molar refractivity (Wildman–Crippen MR) is 104 cm³/mol. The first-order chi connectivity index (χ1) is 14.3. The molecule has 4 rings (SSSR count). The molecule has 30 heavy (non-hydrogen) atoms. The molecule has 0 radical (unpaired) electrons. The van der Waals surface area contributed by atoms with Crippen LogP contribution in [0, 0.1) is 23.7 Å². The average Bonchev–Trinajstić information content (AvgIpc) is 3.41. The lowest BCUT2D eigenvalue weighted by atomic mass is 9.85. The molecule has 9 nitrogen and oxygen atoms in total. The van der Waals surface area contributed by atoms with E-state index in [1.807, 2.05) is 12.2 Å². The number of carbonyl (C=O) groups is 3. The number of rotatable bonds is 7. The van der Waals surface area contributed by atoms with Gasteiger partial charge in [-0.15, -0.1) is 0 Å². The van der Waals surface area contributed by atoms with E-state index in [1.165, 1.54) is 27.4 Å². The molecule has 2 aliphatic carbocycles. The Morgan fingerprint density at radius 3 is 2.13 bits per heavy atom. The molecule has 0 spiro atoms. The Morgan fingerprint density at radius 2 is 1.67 bits per heavy atom. The molecule has 2 amide bonds. The fourth-order valence-electron chi connectivity index (χ4n) is 4.44. The quantitative estimate of drug-likeness (QED) is 0.410. The van der Waals surface area contributed by atoms with Crippen molar-refractivity contribution in [1.82, 2.24) is 5.01 Å². The van der Waals surface area contributed by atoms with Gasteiger partial charge in [-0.3, -0.25) is 9.59 Å². The van der Waals surface area contributed by atoms with E-state index in [-0.39, 0.29) is 52.7 Å². The largest absolute Gasteiger partial charge is 0.493 e. The third-order valence-electron chi connectivity index (χ3n) is 5.89. The number of allylic oxidation sites excluding steroid dienone is 2. The van der Waals surface area contributed by atoms with Crippen molar-refractivity contribution in [1.29, 1.82) is 0 Å². The second kappa shape index (κ2) is 7.47. The van der Waals surface area contributed by atoms with Crippen LogP contribution in [0.3, 0.4) is 0 Å². The summed E-state index contributed by atoms with van der Waals surface area (Å²) in [4.78, 5) is 36.6. The zero-order chi connectivity index (χ0) is 21.6. The van der Waals surface area contributed by atoms with E-state index in [0.29, 0.717) is 5.56 Å². The molecule has 1 N–H and O–H groups in total.